The summed E-state index contributed by atoms with van der Waals surface area (Å²) in [5.41, 5.74) is 0. The van der Waals surface area contributed by atoms with Gasteiger partial charge in [-0.3, -0.25) is 5.04 Å². The average Bonchev–Trinajstić information content (AvgIpc) is 3.05. The second-order valence-electron chi connectivity index (χ2n) is 10.0. The third-order valence-electron chi connectivity index (χ3n) is 6.73. The van der Waals surface area contributed by atoms with Crippen LogP contribution in [0.25, 0.3) is 21.5 Å². The molecule has 0 saturated carbocycles. The standard InChI is InChI=1S/C27H24N4O16S4.4Na/c32-7-5-31(6-8-33)25-28-26(44-17-3-1-15-9-19(48-47-46-34)13-23(21(15)11-17)50(38,39)40)30-27(29-25)45-18-4-2-16-10-20(49(35,36)37)14-24(22(16)12-18)51(41,42)43;;;;/h1-4,9-14,32-34H,5-8H2,(H,35,36,37)(H,38,39,40)(H,41,42,43);;;;/q;4*+1/p-4. The summed E-state index contributed by atoms with van der Waals surface area (Å²) in [6, 6.07) is 9.91. The molecule has 0 unspecified atom stereocenters. The molecule has 0 amide bonds. The predicted octanol–water partition coefficient (Wildman–Crippen LogP) is -11.5. The minimum atomic E-state index is -5.32. The van der Waals surface area contributed by atoms with E-state index in [1.54, 1.807) is 0 Å². The molecule has 4 aromatic carbocycles. The zero-order chi connectivity index (χ0) is 37.1. The van der Waals surface area contributed by atoms with Gasteiger partial charge in [0, 0.05) is 28.8 Å². The van der Waals surface area contributed by atoms with Crippen molar-refractivity contribution < 1.29 is 191 Å². The normalized spacial score (nSPS) is 11.5. The molecule has 28 heteroatoms. The first kappa shape index (κ1) is 52.7. The Kier molecular flexibility index (Phi) is 21.4. The van der Waals surface area contributed by atoms with Gasteiger partial charge in [0.25, 0.3) is 0 Å². The smallest absolute Gasteiger partial charge is 0.744 e. The average molecular weight is 877 g/mol. The second-order valence-corrected chi connectivity index (χ2v) is 14.9. The molecule has 272 valence electrons. The van der Waals surface area contributed by atoms with E-state index in [-0.39, 0.29) is 175 Å². The summed E-state index contributed by atoms with van der Waals surface area (Å²) in [7, 11) is -15.6. The molecular formula is C27H20N4Na4O16S4. The minimum absolute atomic E-state index is 0. The van der Waals surface area contributed by atoms with Crippen molar-refractivity contribution in [3.63, 3.8) is 0 Å². The number of aliphatic hydroxyl groups excluding tert-OH is 2. The molecule has 0 bridgehead atoms. The number of nitrogens with zero attached hydrogens (tertiary/aromatic N) is 4. The van der Waals surface area contributed by atoms with E-state index >= 15 is 0 Å². The molecule has 0 fully saturated rings. The van der Waals surface area contributed by atoms with Crippen LogP contribution in [-0.4, -0.2) is 90.4 Å². The van der Waals surface area contributed by atoms with Gasteiger partial charge in [0.2, 0.25) is 5.95 Å². The van der Waals surface area contributed by atoms with Gasteiger partial charge in [-0.15, -0.1) is 4.98 Å². The Labute approximate surface area is 405 Å². The molecule has 2 N–H and O–H groups in total. The maximum absolute atomic E-state index is 12.1. The van der Waals surface area contributed by atoms with E-state index in [4.69, 9.17) is 9.47 Å². The number of ether oxygens (including phenoxy) is 2. The molecule has 0 radical (unpaired) electrons. The molecule has 0 saturated heterocycles. The fourth-order valence-corrected chi connectivity index (χ4v) is 7.23. The van der Waals surface area contributed by atoms with Crippen molar-refractivity contribution in [3.8, 4) is 23.5 Å². The van der Waals surface area contributed by atoms with Gasteiger partial charge in [-0.25, -0.2) is 25.3 Å². The van der Waals surface area contributed by atoms with Crippen LogP contribution in [0.15, 0.2) is 80.2 Å². The first-order valence-electron chi connectivity index (χ1n) is 13.7. The third-order valence-corrected chi connectivity index (χ3v) is 9.85. The van der Waals surface area contributed by atoms with Crippen molar-refractivity contribution in [2.75, 3.05) is 31.2 Å². The van der Waals surface area contributed by atoms with Crippen molar-refractivity contribution in [2.45, 2.75) is 19.6 Å². The zero-order valence-corrected chi connectivity index (χ0v) is 40.4. The quantitative estimate of drug-likeness (QED) is 0.0324. The molecule has 0 aliphatic heterocycles. The summed E-state index contributed by atoms with van der Waals surface area (Å²) >= 11 is 0.358. The molecule has 5 aromatic rings. The number of fused-ring (bicyclic) bond motifs is 2. The summed E-state index contributed by atoms with van der Waals surface area (Å²) in [4.78, 5) is 11.1. The number of aromatic nitrogens is 3. The van der Waals surface area contributed by atoms with Gasteiger partial charge in [0.05, 0.1) is 39.9 Å². The molecule has 1 aromatic heterocycles. The van der Waals surface area contributed by atoms with Crippen LogP contribution in [-0.2, 0) is 39.7 Å². The van der Waals surface area contributed by atoms with Crippen LogP contribution in [0.2, 0.25) is 0 Å². The van der Waals surface area contributed by atoms with Crippen LogP contribution < -0.4 is 138 Å². The fraction of sp³-hybridized carbons (Fsp3) is 0.148. The largest absolute Gasteiger partial charge is 1.00 e. The summed E-state index contributed by atoms with van der Waals surface area (Å²) in [6.07, 6.45) is 0. The SMILES string of the molecule is O=S(=O)([O-])c1cc(S(=O)(=O)[O-])c2cc(Oc3nc(Oc4ccc5cc(SOO[O-])cc(S(=O)(=O)[O-])c5c4)nc(N(CCO)CCO)n3)ccc2c1.[Na+].[Na+].[Na+].[Na+]. The maximum atomic E-state index is 12.1. The monoisotopic (exact) mass is 876 g/mol. The van der Waals surface area contributed by atoms with Crippen molar-refractivity contribution in [3.05, 3.63) is 60.7 Å². The first-order valence-corrected chi connectivity index (χ1v) is 18.7. The van der Waals surface area contributed by atoms with E-state index in [9.17, 15) is 54.4 Å². The van der Waals surface area contributed by atoms with Gasteiger partial charge in [-0.05, 0) is 59.3 Å². The van der Waals surface area contributed by atoms with Crippen molar-refractivity contribution in [1.29, 1.82) is 0 Å². The summed E-state index contributed by atoms with van der Waals surface area (Å²) in [5, 5.41) is 32.3. The Balaban J connectivity index is 0.00000378. The fourth-order valence-electron chi connectivity index (χ4n) is 4.66. The Morgan fingerprint density at radius 2 is 1.11 bits per heavy atom. The van der Waals surface area contributed by atoms with E-state index in [1.165, 1.54) is 35.2 Å². The Morgan fingerprint density at radius 1 is 0.636 bits per heavy atom. The van der Waals surface area contributed by atoms with E-state index in [0.717, 1.165) is 24.3 Å². The van der Waals surface area contributed by atoms with E-state index in [0.29, 0.717) is 18.1 Å². The van der Waals surface area contributed by atoms with Gasteiger partial charge in [0.15, 0.2) is 0 Å². The van der Waals surface area contributed by atoms with Gasteiger partial charge < -0.3 is 43.5 Å². The van der Waals surface area contributed by atoms with Crippen LogP contribution in [0.4, 0.5) is 5.95 Å². The maximum Gasteiger partial charge on any atom is 1.00 e. The molecule has 5 rings (SSSR count). The van der Waals surface area contributed by atoms with E-state index in [1.807, 2.05) is 0 Å². The van der Waals surface area contributed by atoms with Gasteiger partial charge in [-0.1, -0.05) is 12.1 Å². The van der Waals surface area contributed by atoms with Crippen molar-refractivity contribution in [2.24, 2.45) is 0 Å². The summed E-state index contributed by atoms with van der Waals surface area (Å²) in [5.74, 6) is -0.510. The van der Waals surface area contributed by atoms with Crippen molar-refractivity contribution in [1.82, 2.24) is 15.0 Å². The predicted molar refractivity (Wildman–Crippen MR) is 166 cm³/mol. The molecule has 20 nitrogen and oxygen atoms in total. The summed E-state index contributed by atoms with van der Waals surface area (Å²) < 4.78 is 123. The molecule has 55 heavy (non-hydrogen) atoms. The second kappa shape index (κ2) is 22.3. The Bertz CT molecular complexity index is 2460. The number of aliphatic hydroxyl groups is 2. The number of hydrogen-bond acceptors (Lipinski definition) is 21. The van der Waals surface area contributed by atoms with Crippen LogP contribution in [0.3, 0.4) is 0 Å². The molecule has 1 heterocycles. The van der Waals surface area contributed by atoms with Crippen LogP contribution in [0.1, 0.15) is 0 Å². The molecule has 0 atom stereocenters. The minimum Gasteiger partial charge on any atom is -0.744 e. The van der Waals surface area contributed by atoms with Gasteiger partial charge in [0.1, 0.15) is 41.9 Å². The van der Waals surface area contributed by atoms with Crippen LogP contribution in [0, 0.1) is 0 Å². The Morgan fingerprint density at radius 3 is 1.55 bits per heavy atom. The van der Waals surface area contributed by atoms with Crippen LogP contribution in [0.5, 0.6) is 23.5 Å². The van der Waals surface area contributed by atoms with Gasteiger partial charge in [-0.2, -0.15) is 14.3 Å². The van der Waals surface area contributed by atoms with Crippen molar-refractivity contribution >= 4 is 69.9 Å². The third kappa shape index (κ3) is 13.9. The number of benzene rings is 4. The number of rotatable bonds is 15. The van der Waals surface area contributed by atoms with E-state index < -0.39 is 70.3 Å². The zero-order valence-electron chi connectivity index (χ0n) is 29.1. The topological polar surface area (TPSA) is 314 Å². The number of hydrogen-bond donors (Lipinski definition) is 2. The number of anilines is 1. The molecule has 0 spiro atoms. The summed E-state index contributed by atoms with van der Waals surface area (Å²) in [6.45, 7) is -1.03. The Hall–Kier alpha value is -0.310. The van der Waals surface area contributed by atoms with Gasteiger partial charge >= 0.3 is 130 Å². The molecule has 0 aliphatic carbocycles. The van der Waals surface area contributed by atoms with E-state index in [2.05, 4.69) is 24.3 Å². The van der Waals surface area contributed by atoms with Crippen LogP contribution >= 0.6 is 12.0 Å². The molecular weight excluding hydrogens is 857 g/mol. The first-order chi connectivity index (χ1) is 24.0. The molecule has 0 aliphatic rings.